The first-order valence-corrected chi connectivity index (χ1v) is 4.93. The van der Waals surface area contributed by atoms with E-state index < -0.39 is 29.9 Å². The largest absolute Gasteiger partial charge is 0.504 e. The maximum Gasteiger partial charge on any atom is 0.289 e. The number of ether oxygens (including phenoxy) is 1. The number of aromatic hydroxyl groups is 1. The van der Waals surface area contributed by atoms with Crippen LogP contribution in [0.2, 0.25) is 0 Å². The molecule has 0 aliphatic rings. The number of halogens is 3. The zero-order valence-corrected chi connectivity index (χ0v) is 10.7. The molecular formula is C11H13ClF2N2O3. The fourth-order valence-electron chi connectivity index (χ4n) is 1.47. The molecule has 19 heavy (non-hydrogen) atoms. The van der Waals surface area contributed by atoms with Crippen molar-refractivity contribution in [1.29, 1.82) is 5.26 Å². The predicted molar refractivity (Wildman–Crippen MR) is 65.6 cm³/mol. The van der Waals surface area contributed by atoms with E-state index in [4.69, 9.17) is 20.8 Å². The van der Waals surface area contributed by atoms with Crippen molar-refractivity contribution in [3.05, 3.63) is 23.3 Å². The summed E-state index contributed by atoms with van der Waals surface area (Å²) in [6, 6.07) is 2.12. The van der Waals surface area contributed by atoms with E-state index in [-0.39, 0.29) is 23.7 Å². The molecule has 0 fully saturated rings. The van der Waals surface area contributed by atoms with E-state index in [0.29, 0.717) is 0 Å². The van der Waals surface area contributed by atoms with Crippen LogP contribution in [0.3, 0.4) is 0 Å². The molecule has 1 atom stereocenters. The Bertz CT molecular complexity index is 492. The van der Waals surface area contributed by atoms with Crippen LogP contribution in [0.4, 0.5) is 8.78 Å². The number of nitrogens with two attached hydrogens (primary N) is 1. The molecule has 106 valence electrons. The fraction of sp³-hybridized carbons (Fsp3) is 0.364. The zero-order valence-electron chi connectivity index (χ0n) is 9.93. The Hall–Kier alpha value is -1.62. The summed E-state index contributed by atoms with van der Waals surface area (Å²) in [4.78, 5) is 0. The quantitative estimate of drug-likeness (QED) is 0.778. The van der Waals surface area contributed by atoms with E-state index in [1.165, 1.54) is 19.2 Å². The molecule has 0 amide bonds. The fourth-order valence-corrected chi connectivity index (χ4v) is 1.47. The molecule has 1 aromatic rings. The van der Waals surface area contributed by atoms with Gasteiger partial charge in [-0.3, -0.25) is 0 Å². The van der Waals surface area contributed by atoms with E-state index in [9.17, 15) is 13.9 Å². The van der Waals surface area contributed by atoms with Crippen molar-refractivity contribution in [2.24, 2.45) is 5.73 Å². The predicted octanol–water partition coefficient (Wildman–Crippen LogP) is 1.32. The number of methoxy groups -OCH3 is 1. The SMILES string of the molecule is COc1ccc(C#N)c([C@@H](N)C(F)(F)CO)c1O.Cl. The standard InChI is InChI=1S/C11H12F2N2O3.ClH/c1-18-7-3-2-6(4-14)8(9(7)17)10(15)11(12,13)5-16;/h2-3,10,16-17H,5,15H2,1H3;1H/t10-;/m1./s1. The molecule has 0 heterocycles. The number of hydrogen-bond donors (Lipinski definition) is 3. The Morgan fingerprint density at radius 3 is 2.53 bits per heavy atom. The molecule has 8 heteroatoms. The minimum Gasteiger partial charge on any atom is -0.504 e. The smallest absolute Gasteiger partial charge is 0.289 e. The molecule has 0 saturated heterocycles. The van der Waals surface area contributed by atoms with Gasteiger partial charge in [0.2, 0.25) is 0 Å². The maximum atomic E-state index is 13.3. The first-order valence-electron chi connectivity index (χ1n) is 4.93. The topological polar surface area (TPSA) is 99.5 Å². The van der Waals surface area contributed by atoms with Crippen molar-refractivity contribution in [3.63, 3.8) is 0 Å². The molecular weight excluding hydrogens is 282 g/mol. The van der Waals surface area contributed by atoms with Crippen molar-refractivity contribution in [3.8, 4) is 17.6 Å². The van der Waals surface area contributed by atoms with Crippen LogP contribution in [-0.2, 0) is 0 Å². The van der Waals surface area contributed by atoms with E-state index in [2.05, 4.69) is 0 Å². The molecule has 1 aromatic carbocycles. The molecule has 0 aliphatic heterocycles. The number of rotatable bonds is 4. The van der Waals surface area contributed by atoms with Crippen molar-refractivity contribution < 1.29 is 23.7 Å². The van der Waals surface area contributed by atoms with Crippen molar-refractivity contribution in [2.75, 3.05) is 13.7 Å². The lowest BCUT2D eigenvalue weighted by Crippen LogP contribution is -2.36. The Kier molecular flexibility index (Phi) is 5.96. The third-order valence-corrected chi connectivity index (χ3v) is 2.50. The highest BCUT2D eigenvalue weighted by atomic mass is 35.5. The summed E-state index contributed by atoms with van der Waals surface area (Å²) in [6.45, 7) is -1.49. The van der Waals surface area contributed by atoms with Gasteiger partial charge in [-0.1, -0.05) is 0 Å². The van der Waals surface area contributed by atoms with Crippen LogP contribution in [0.25, 0.3) is 0 Å². The number of benzene rings is 1. The Labute approximate surface area is 114 Å². The third kappa shape index (κ3) is 3.23. The molecule has 0 aliphatic carbocycles. The van der Waals surface area contributed by atoms with Crippen LogP contribution in [0.5, 0.6) is 11.5 Å². The summed E-state index contributed by atoms with van der Waals surface area (Å²) in [5, 5.41) is 27.2. The second-order valence-corrected chi connectivity index (χ2v) is 3.59. The molecule has 0 saturated carbocycles. The van der Waals surface area contributed by atoms with Gasteiger partial charge in [0, 0.05) is 5.56 Å². The van der Waals surface area contributed by atoms with Gasteiger partial charge in [0.05, 0.1) is 18.7 Å². The first-order chi connectivity index (χ1) is 8.38. The molecule has 0 unspecified atom stereocenters. The lowest BCUT2D eigenvalue weighted by molar-refractivity contribution is -0.0716. The Morgan fingerprint density at radius 1 is 1.53 bits per heavy atom. The molecule has 0 bridgehead atoms. The number of phenols is 1. The van der Waals surface area contributed by atoms with Gasteiger partial charge < -0.3 is 20.7 Å². The van der Waals surface area contributed by atoms with E-state index in [0.717, 1.165) is 0 Å². The summed E-state index contributed by atoms with van der Waals surface area (Å²) < 4.78 is 31.4. The van der Waals surface area contributed by atoms with Gasteiger partial charge in [0.25, 0.3) is 5.92 Å². The van der Waals surface area contributed by atoms with E-state index in [1.807, 2.05) is 0 Å². The average Bonchev–Trinajstić information content (AvgIpc) is 2.37. The van der Waals surface area contributed by atoms with Gasteiger partial charge in [-0.2, -0.15) is 5.26 Å². The molecule has 4 N–H and O–H groups in total. The normalized spacial score (nSPS) is 12.2. The van der Waals surface area contributed by atoms with Crippen LogP contribution < -0.4 is 10.5 Å². The second kappa shape index (κ2) is 6.52. The molecule has 0 spiro atoms. The highest BCUT2D eigenvalue weighted by Crippen LogP contribution is 2.40. The maximum absolute atomic E-state index is 13.3. The van der Waals surface area contributed by atoms with Gasteiger partial charge in [0.15, 0.2) is 11.5 Å². The van der Waals surface area contributed by atoms with Gasteiger partial charge in [-0.15, -0.1) is 12.4 Å². The van der Waals surface area contributed by atoms with Crippen LogP contribution in [0, 0.1) is 11.3 Å². The Morgan fingerprint density at radius 2 is 2.11 bits per heavy atom. The summed E-state index contributed by atoms with van der Waals surface area (Å²) in [5.41, 5.74) is 4.66. The zero-order chi connectivity index (χ0) is 13.9. The highest BCUT2D eigenvalue weighted by molar-refractivity contribution is 5.85. The van der Waals surface area contributed by atoms with Crippen molar-refractivity contribution in [1.82, 2.24) is 0 Å². The minimum atomic E-state index is -3.66. The second-order valence-electron chi connectivity index (χ2n) is 3.59. The van der Waals surface area contributed by atoms with E-state index in [1.54, 1.807) is 6.07 Å². The van der Waals surface area contributed by atoms with Crippen LogP contribution >= 0.6 is 12.4 Å². The lowest BCUT2D eigenvalue weighted by Gasteiger charge is -2.23. The number of aliphatic hydroxyl groups is 1. The number of alkyl halides is 2. The number of aliphatic hydroxyl groups excluding tert-OH is 1. The van der Waals surface area contributed by atoms with E-state index >= 15 is 0 Å². The lowest BCUT2D eigenvalue weighted by atomic mass is 9.95. The Balaban J connectivity index is 0.00000324. The summed E-state index contributed by atoms with van der Waals surface area (Å²) in [7, 11) is 1.24. The van der Waals surface area contributed by atoms with Gasteiger partial charge in [-0.05, 0) is 12.1 Å². The molecule has 1 rings (SSSR count). The highest BCUT2D eigenvalue weighted by Gasteiger charge is 2.40. The molecule has 0 radical (unpaired) electrons. The minimum absolute atomic E-state index is 0. The number of nitrogens with zero attached hydrogens (tertiary/aromatic N) is 1. The third-order valence-electron chi connectivity index (χ3n) is 2.50. The summed E-state index contributed by atoms with van der Waals surface area (Å²) in [5.74, 6) is -4.36. The van der Waals surface area contributed by atoms with Crippen LogP contribution in [0.15, 0.2) is 12.1 Å². The summed E-state index contributed by atoms with van der Waals surface area (Å²) in [6.07, 6.45) is 0. The monoisotopic (exact) mass is 294 g/mol. The molecule has 0 aromatic heterocycles. The van der Waals surface area contributed by atoms with Gasteiger partial charge in [0.1, 0.15) is 12.6 Å². The van der Waals surface area contributed by atoms with Crippen molar-refractivity contribution >= 4 is 12.4 Å². The number of hydrogen-bond acceptors (Lipinski definition) is 5. The van der Waals surface area contributed by atoms with Gasteiger partial charge in [-0.25, -0.2) is 8.78 Å². The van der Waals surface area contributed by atoms with Crippen molar-refractivity contribution in [2.45, 2.75) is 12.0 Å². The average molecular weight is 295 g/mol. The number of phenolic OH excluding ortho intramolecular Hbond substituents is 1. The van der Waals surface area contributed by atoms with Crippen LogP contribution in [-0.4, -0.2) is 29.9 Å². The van der Waals surface area contributed by atoms with Crippen LogP contribution in [0.1, 0.15) is 17.2 Å². The molecule has 5 nitrogen and oxygen atoms in total. The van der Waals surface area contributed by atoms with Gasteiger partial charge >= 0.3 is 0 Å². The first kappa shape index (κ1) is 17.4. The summed E-state index contributed by atoms with van der Waals surface area (Å²) >= 11 is 0. The number of nitriles is 1.